The predicted octanol–water partition coefficient (Wildman–Crippen LogP) is 6.54. The fourth-order valence-electron chi connectivity index (χ4n) is 3.63. The Hall–Kier alpha value is -1.85. The molecule has 2 aromatic carbocycles. The van der Waals surface area contributed by atoms with Gasteiger partial charge < -0.3 is 0 Å². The van der Waals surface area contributed by atoms with Crippen molar-refractivity contribution in [3.63, 3.8) is 0 Å². The molecule has 4 rings (SSSR count). The molecule has 0 amide bonds. The van der Waals surface area contributed by atoms with E-state index in [9.17, 15) is 4.39 Å². The highest BCUT2D eigenvalue weighted by Gasteiger charge is 2.25. The number of hydrogen-bond acceptors (Lipinski definition) is 3. The van der Waals surface area contributed by atoms with E-state index in [1.807, 2.05) is 30.3 Å². The monoisotopic (exact) mass is 401 g/mol. The average molecular weight is 402 g/mol. The second kappa shape index (κ2) is 8.44. The third-order valence-electron chi connectivity index (χ3n) is 5.03. The Morgan fingerprint density at radius 3 is 2.52 bits per heavy atom. The lowest BCUT2D eigenvalue weighted by atomic mass is 9.95. The number of hydrogen-bond donors (Lipinski definition) is 0. The Kier molecular flexibility index (Phi) is 5.79. The minimum atomic E-state index is -0.260. The number of rotatable bonds is 5. The van der Waals surface area contributed by atoms with Crippen molar-refractivity contribution in [1.82, 2.24) is 14.8 Å². The van der Waals surface area contributed by atoms with Crippen LogP contribution in [0.15, 0.2) is 53.7 Å². The molecule has 0 radical (unpaired) electrons. The van der Waals surface area contributed by atoms with Crippen molar-refractivity contribution in [2.24, 2.45) is 0 Å². The maximum atomic E-state index is 14.4. The van der Waals surface area contributed by atoms with Crippen LogP contribution in [0.1, 0.15) is 43.7 Å². The van der Waals surface area contributed by atoms with Crippen molar-refractivity contribution < 1.29 is 4.39 Å². The predicted molar refractivity (Wildman–Crippen MR) is 109 cm³/mol. The number of benzene rings is 2. The van der Waals surface area contributed by atoms with Crippen LogP contribution >= 0.6 is 23.4 Å². The quantitative estimate of drug-likeness (QED) is 0.455. The molecule has 0 spiro atoms. The highest BCUT2D eigenvalue weighted by atomic mass is 35.5. The first-order chi connectivity index (χ1) is 13.2. The van der Waals surface area contributed by atoms with E-state index in [4.69, 9.17) is 11.6 Å². The standard InChI is InChI=1S/C21H21ClFN3S/c22-18-12-6-4-8-15(18)14-27-21-25-24-20(17-11-5-7-13-19(17)23)26(21)16-9-2-1-3-10-16/h4-8,11-13,16H,1-3,9-10,14H2. The van der Waals surface area contributed by atoms with Gasteiger partial charge in [-0.2, -0.15) is 0 Å². The summed E-state index contributed by atoms with van der Waals surface area (Å²) in [5.74, 6) is 1.08. The second-order valence-electron chi connectivity index (χ2n) is 6.83. The van der Waals surface area contributed by atoms with Gasteiger partial charge in [0, 0.05) is 16.8 Å². The van der Waals surface area contributed by atoms with Gasteiger partial charge >= 0.3 is 0 Å². The lowest BCUT2D eigenvalue weighted by Gasteiger charge is -2.25. The number of halogens is 2. The smallest absolute Gasteiger partial charge is 0.192 e. The van der Waals surface area contributed by atoms with Gasteiger partial charge in [0.1, 0.15) is 5.82 Å². The summed E-state index contributed by atoms with van der Waals surface area (Å²) in [5.41, 5.74) is 1.58. The molecule has 0 unspecified atom stereocenters. The third-order valence-corrected chi connectivity index (χ3v) is 6.39. The maximum Gasteiger partial charge on any atom is 0.192 e. The Morgan fingerprint density at radius 1 is 1.00 bits per heavy atom. The summed E-state index contributed by atoms with van der Waals surface area (Å²) in [6, 6.07) is 14.9. The fraction of sp³-hybridized carbons (Fsp3) is 0.333. The van der Waals surface area contributed by atoms with Crippen LogP contribution in [0.2, 0.25) is 5.02 Å². The van der Waals surface area contributed by atoms with Gasteiger partial charge in [0.05, 0.1) is 5.56 Å². The van der Waals surface area contributed by atoms with E-state index < -0.39 is 0 Å². The first kappa shape index (κ1) is 18.5. The molecule has 1 aliphatic rings. The SMILES string of the molecule is Fc1ccccc1-c1nnc(SCc2ccccc2Cl)n1C1CCCCC1. The van der Waals surface area contributed by atoms with Gasteiger partial charge in [0.2, 0.25) is 0 Å². The van der Waals surface area contributed by atoms with E-state index in [0.29, 0.717) is 23.2 Å². The molecule has 0 N–H and O–H groups in total. The molecule has 1 aliphatic carbocycles. The van der Waals surface area contributed by atoms with Gasteiger partial charge in [-0.05, 0) is 36.6 Å². The van der Waals surface area contributed by atoms with Gasteiger partial charge in [-0.15, -0.1) is 10.2 Å². The van der Waals surface area contributed by atoms with Crippen LogP contribution in [0.25, 0.3) is 11.4 Å². The van der Waals surface area contributed by atoms with E-state index in [1.54, 1.807) is 23.9 Å². The zero-order valence-electron chi connectivity index (χ0n) is 14.9. The van der Waals surface area contributed by atoms with Crippen LogP contribution in [0.3, 0.4) is 0 Å². The fourth-order valence-corrected chi connectivity index (χ4v) is 4.92. The van der Waals surface area contributed by atoms with Gasteiger partial charge in [-0.1, -0.05) is 73.0 Å². The van der Waals surface area contributed by atoms with E-state index in [-0.39, 0.29) is 5.82 Å². The Labute approximate surface area is 168 Å². The summed E-state index contributed by atoms with van der Waals surface area (Å²) in [7, 11) is 0. The molecular formula is C21H21ClFN3S. The topological polar surface area (TPSA) is 30.7 Å². The lowest BCUT2D eigenvalue weighted by molar-refractivity contribution is 0.339. The van der Waals surface area contributed by atoms with Crippen LogP contribution in [-0.2, 0) is 5.75 Å². The van der Waals surface area contributed by atoms with Gasteiger partial charge in [-0.3, -0.25) is 4.57 Å². The molecule has 6 heteroatoms. The van der Waals surface area contributed by atoms with Crippen LogP contribution in [0.4, 0.5) is 4.39 Å². The Morgan fingerprint density at radius 2 is 1.74 bits per heavy atom. The molecular weight excluding hydrogens is 381 g/mol. The van der Waals surface area contributed by atoms with Crippen LogP contribution in [0.5, 0.6) is 0 Å². The van der Waals surface area contributed by atoms with Crippen molar-refractivity contribution in [2.75, 3.05) is 0 Å². The summed E-state index contributed by atoms with van der Waals surface area (Å²) in [5, 5.41) is 10.4. The normalized spacial score (nSPS) is 15.2. The van der Waals surface area contributed by atoms with Crippen LogP contribution in [-0.4, -0.2) is 14.8 Å². The molecule has 0 saturated heterocycles. The average Bonchev–Trinajstić information content (AvgIpc) is 3.12. The van der Waals surface area contributed by atoms with Crippen LogP contribution < -0.4 is 0 Å². The van der Waals surface area contributed by atoms with E-state index in [2.05, 4.69) is 14.8 Å². The van der Waals surface area contributed by atoms with Crippen molar-refractivity contribution in [3.05, 3.63) is 64.9 Å². The molecule has 0 bridgehead atoms. The lowest BCUT2D eigenvalue weighted by Crippen LogP contribution is -2.15. The second-order valence-corrected chi connectivity index (χ2v) is 8.18. The highest BCUT2D eigenvalue weighted by Crippen LogP contribution is 2.37. The van der Waals surface area contributed by atoms with Crippen molar-refractivity contribution >= 4 is 23.4 Å². The van der Waals surface area contributed by atoms with Gasteiger partial charge in [0.15, 0.2) is 11.0 Å². The molecule has 3 aromatic rings. The summed E-state index contributed by atoms with van der Waals surface area (Å²) in [4.78, 5) is 0. The van der Waals surface area contributed by atoms with Gasteiger partial charge in [0.25, 0.3) is 0 Å². The molecule has 0 aliphatic heterocycles. The summed E-state index contributed by atoms with van der Waals surface area (Å²) < 4.78 is 16.6. The van der Waals surface area contributed by atoms with E-state index in [0.717, 1.165) is 28.6 Å². The number of thioether (sulfide) groups is 1. The van der Waals surface area contributed by atoms with E-state index >= 15 is 0 Å². The van der Waals surface area contributed by atoms with Gasteiger partial charge in [-0.25, -0.2) is 4.39 Å². The number of aromatic nitrogens is 3. The van der Waals surface area contributed by atoms with Crippen molar-refractivity contribution in [1.29, 1.82) is 0 Å². The van der Waals surface area contributed by atoms with Crippen molar-refractivity contribution in [2.45, 2.75) is 49.1 Å². The molecule has 0 atom stereocenters. The molecule has 1 aromatic heterocycles. The van der Waals surface area contributed by atoms with Crippen LogP contribution in [0, 0.1) is 5.82 Å². The summed E-state index contributed by atoms with van der Waals surface area (Å²) in [6.45, 7) is 0. The molecule has 140 valence electrons. The largest absolute Gasteiger partial charge is 0.299 e. The molecule has 1 saturated carbocycles. The minimum absolute atomic E-state index is 0.260. The Bertz CT molecular complexity index is 921. The summed E-state index contributed by atoms with van der Waals surface area (Å²) >= 11 is 7.91. The molecule has 27 heavy (non-hydrogen) atoms. The first-order valence-electron chi connectivity index (χ1n) is 9.30. The first-order valence-corrected chi connectivity index (χ1v) is 10.7. The third kappa shape index (κ3) is 4.04. The molecule has 1 fully saturated rings. The summed E-state index contributed by atoms with van der Waals surface area (Å²) in [6.07, 6.45) is 5.80. The minimum Gasteiger partial charge on any atom is -0.299 e. The zero-order chi connectivity index (χ0) is 18.6. The zero-order valence-corrected chi connectivity index (χ0v) is 16.5. The highest BCUT2D eigenvalue weighted by molar-refractivity contribution is 7.98. The number of nitrogens with zero attached hydrogens (tertiary/aromatic N) is 3. The molecule has 3 nitrogen and oxygen atoms in total. The Balaban J connectivity index is 1.69. The van der Waals surface area contributed by atoms with Crippen molar-refractivity contribution in [3.8, 4) is 11.4 Å². The molecule has 1 heterocycles. The maximum absolute atomic E-state index is 14.4. The van der Waals surface area contributed by atoms with E-state index in [1.165, 1.54) is 25.3 Å².